The van der Waals surface area contributed by atoms with Crippen molar-refractivity contribution in [1.82, 2.24) is 15.3 Å². The van der Waals surface area contributed by atoms with E-state index in [9.17, 15) is 4.79 Å². The number of hydrogen-bond donors (Lipinski definition) is 2. The highest BCUT2D eigenvalue weighted by molar-refractivity contribution is 5.92. The number of nitrogens with zero attached hydrogens (tertiary/aromatic N) is 2. The second-order valence-electron chi connectivity index (χ2n) is 7.73. The average molecular weight is 300 g/mol. The zero-order chi connectivity index (χ0) is 15.3. The van der Waals surface area contributed by atoms with Gasteiger partial charge >= 0.3 is 0 Å². The van der Waals surface area contributed by atoms with Gasteiger partial charge in [-0.25, -0.2) is 9.97 Å². The van der Waals surface area contributed by atoms with Gasteiger partial charge in [-0.05, 0) is 69.3 Å². The molecule has 0 aromatic carbocycles. The molecule has 1 amide bonds. The minimum Gasteiger partial charge on any atom is -0.348 e. The molecule has 3 aliphatic rings. The third-order valence-electron chi connectivity index (χ3n) is 5.88. The minimum absolute atomic E-state index is 0.0646. The number of aryl methyl sites for hydroxylation is 1. The third-order valence-corrected chi connectivity index (χ3v) is 5.88. The molecule has 0 radical (unpaired) electrons. The standard InChI is InChI=1S/C17H24N4O/c1-10-19-3-2-15(20-10)16(22)21-14-5-11-4-12-8-17(18,7-11)9-13(12)6-14/h2-3,11-14H,4-9,18H2,1H3,(H,21,22). The summed E-state index contributed by atoms with van der Waals surface area (Å²) in [5, 5.41) is 3.21. The Morgan fingerprint density at radius 3 is 2.82 bits per heavy atom. The number of nitrogens with two attached hydrogens (primary N) is 1. The maximum absolute atomic E-state index is 12.4. The number of aromatic nitrogens is 2. The van der Waals surface area contributed by atoms with Crippen LogP contribution in [0.2, 0.25) is 0 Å². The molecule has 3 N–H and O–H groups in total. The Morgan fingerprint density at radius 2 is 2.05 bits per heavy atom. The topological polar surface area (TPSA) is 80.9 Å². The van der Waals surface area contributed by atoms with Crippen molar-refractivity contribution in [2.24, 2.45) is 23.5 Å². The second-order valence-corrected chi connectivity index (χ2v) is 7.73. The maximum atomic E-state index is 12.4. The molecule has 3 fully saturated rings. The van der Waals surface area contributed by atoms with Gasteiger partial charge in [0.05, 0.1) is 0 Å². The number of amides is 1. The molecule has 0 aliphatic heterocycles. The smallest absolute Gasteiger partial charge is 0.270 e. The predicted octanol–water partition coefficient (Wildman–Crippen LogP) is 1.81. The third kappa shape index (κ3) is 2.51. The van der Waals surface area contributed by atoms with Gasteiger partial charge in [0.25, 0.3) is 5.91 Å². The van der Waals surface area contributed by atoms with Gasteiger partial charge in [0, 0.05) is 17.8 Å². The molecule has 4 rings (SSSR count). The number of nitrogens with one attached hydrogen (secondary N) is 1. The van der Waals surface area contributed by atoms with E-state index in [1.165, 1.54) is 12.8 Å². The van der Waals surface area contributed by atoms with Crippen LogP contribution in [0.5, 0.6) is 0 Å². The van der Waals surface area contributed by atoms with Gasteiger partial charge in [-0.1, -0.05) is 0 Å². The highest BCUT2D eigenvalue weighted by atomic mass is 16.1. The van der Waals surface area contributed by atoms with E-state index in [1.54, 1.807) is 19.2 Å². The molecule has 5 atom stereocenters. The normalized spacial score (nSPS) is 39.5. The summed E-state index contributed by atoms with van der Waals surface area (Å²) in [6, 6.07) is 1.96. The Hall–Kier alpha value is -1.49. The first-order valence-corrected chi connectivity index (χ1v) is 8.40. The van der Waals surface area contributed by atoms with Crippen LogP contribution in [0, 0.1) is 24.7 Å². The van der Waals surface area contributed by atoms with E-state index in [0.717, 1.165) is 31.6 Å². The summed E-state index contributed by atoms with van der Waals surface area (Å²) < 4.78 is 0. The van der Waals surface area contributed by atoms with E-state index in [0.29, 0.717) is 23.4 Å². The Bertz CT molecular complexity index is 600. The molecule has 1 aromatic heterocycles. The average Bonchev–Trinajstić information content (AvgIpc) is 2.59. The van der Waals surface area contributed by atoms with Crippen LogP contribution in [0.25, 0.3) is 0 Å². The summed E-state index contributed by atoms with van der Waals surface area (Å²) >= 11 is 0. The summed E-state index contributed by atoms with van der Waals surface area (Å²) in [7, 11) is 0. The summed E-state index contributed by atoms with van der Waals surface area (Å²) in [6.07, 6.45) is 8.58. The first-order chi connectivity index (χ1) is 10.5. The van der Waals surface area contributed by atoms with Crippen molar-refractivity contribution >= 4 is 5.91 Å². The van der Waals surface area contributed by atoms with E-state index in [2.05, 4.69) is 15.3 Å². The maximum Gasteiger partial charge on any atom is 0.270 e. The first-order valence-electron chi connectivity index (χ1n) is 8.40. The number of carbonyl (C=O) groups excluding carboxylic acids is 1. The van der Waals surface area contributed by atoms with Gasteiger partial charge in [-0.3, -0.25) is 4.79 Å². The summed E-state index contributed by atoms with van der Waals surface area (Å²) in [5.74, 6) is 2.72. The molecule has 1 aromatic rings. The van der Waals surface area contributed by atoms with Crippen LogP contribution in [0.15, 0.2) is 12.3 Å². The lowest BCUT2D eigenvalue weighted by Crippen LogP contribution is -2.44. The molecule has 0 spiro atoms. The Morgan fingerprint density at radius 1 is 1.27 bits per heavy atom. The van der Waals surface area contributed by atoms with Crippen LogP contribution in [-0.4, -0.2) is 27.5 Å². The summed E-state index contributed by atoms with van der Waals surface area (Å²) in [4.78, 5) is 20.7. The van der Waals surface area contributed by atoms with Crippen LogP contribution in [0.4, 0.5) is 0 Å². The Kier molecular flexibility index (Phi) is 3.22. The van der Waals surface area contributed by atoms with E-state index in [1.807, 2.05) is 0 Å². The second kappa shape index (κ2) is 5.01. The van der Waals surface area contributed by atoms with Crippen LogP contribution in [-0.2, 0) is 0 Å². The SMILES string of the molecule is Cc1nccc(C(=O)NC2CC3CC4CC(N)(C3)CC4C2)n1. The molecule has 118 valence electrons. The Labute approximate surface area is 131 Å². The van der Waals surface area contributed by atoms with Crippen LogP contribution >= 0.6 is 0 Å². The number of carbonyl (C=O) groups is 1. The lowest BCUT2D eigenvalue weighted by Gasteiger charge is -2.36. The largest absolute Gasteiger partial charge is 0.348 e. The van der Waals surface area contributed by atoms with E-state index in [4.69, 9.17) is 5.73 Å². The molecule has 22 heavy (non-hydrogen) atoms. The highest BCUT2D eigenvalue weighted by Crippen LogP contribution is 2.54. The molecule has 5 heteroatoms. The molecule has 5 unspecified atom stereocenters. The Balaban J connectivity index is 1.47. The number of hydrogen-bond acceptors (Lipinski definition) is 4. The van der Waals surface area contributed by atoms with Gasteiger partial charge in [0.1, 0.15) is 11.5 Å². The monoisotopic (exact) mass is 300 g/mol. The quantitative estimate of drug-likeness (QED) is 0.873. The van der Waals surface area contributed by atoms with Gasteiger partial charge < -0.3 is 11.1 Å². The molecule has 0 saturated heterocycles. The lowest BCUT2D eigenvalue weighted by molar-refractivity contribution is 0.0917. The zero-order valence-corrected chi connectivity index (χ0v) is 13.1. The summed E-state index contributed by atoms with van der Waals surface area (Å²) in [6.45, 7) is 1.81. The highest BCUT2D eigenvalue weighted by Gasteiger charge is 2.51. The fourth-order valence-electron chi connectivity index (χ4n) is 5.27. The fraction of sp³-hybridized carbons (Fsp3) is 0.706. The van der Waals surface area contributed by atoms with Crippen LogP contribution in [0.3, 0.4) is 0 Å². The van der Waals surface area contributed by atoms with E-state index in [-0.39, 0.29) is 17.5 Å². The van der Waals surface area contributed by atoms with Gasteiger partial charge in [-0.15, -0.1) is 0 Å². The van der Waals surface area contributed by atoms with E-state index < -0.39 is 0 Å². The van der Waals surface area contributed by atoms with Gasteiger partial charge in [-0.2, -0.15) is 0 Å². The van der Waals surface area contributed by atoms with Crippen LogP contribution < -0.4 is 11.1 Å². The van der Waals surface area contributed by atoms with Crippen molar-refractivity contribution < 1.29 is 4.79 Å². The van der Waals surface area contributed by atoms with Crippen molar-refractivity contribution in [3.05, 3.63) is 23.8 Å². The molecular weight excluding hydrogens is 276 g/mol. The lowest BCUT2D eigenvalue weighted by atomic mass is 9.75. The first kappa shape index (κ1) is 14.1. The molecule has 3 saturated carbocycles. The van der Waals surface area contributed by atoms with Gasteiger partial charge in [0.2, 0.25) is 0 Å². The zero-order valence-electron chi connectivity index (χ0n) is 13.1. The number of rotatable bonds is 2. The van der Waals surface area contributed by atoms with Crippen molar-refractivity contribution in [3.8, 4) is 0 Å². The summed E-state index contributed by atoms with van der Waals surface area (Å²) in [5.41, 5.74) is 7.11. The van der Waals surface area contributed by atoms with Crippen molar-refractivity contribution in [2.45, 2.75) is 57.0 Å². The van der Waals surface area contributed by atoms with Gasteiger partial charge in [0.15, 0.2) is 0 Å². The minimum atomic E-state index is -0.0646. The molecule has 3 aliphatic carbocycles. The predicted molar refractivity (Wildman–Crippen MR) is 83.1 cm³/mol. The molecule has 3 bridgehead atoms. The molecular formula is C17H24N4O. The van der Waals surface area contributed by atoms with Crippen molar-refractivity contribution in [3.63, 3.8) is 0 Å². The van der Waals surface area contributed by atoms with Crippen molar-refractivity contribution in [1.29, 1.82) is 0 Å². The molecule has 1 heterocycles. The van der Waals surface area contributed by atoms with E-state index >= 15 is 0 Å². The fourth-order valence-corrected chi connectivity index (χ4v) is 5.27. The van der Waals surface area contributed by atoms with Crippen molar-refractivity contribution in [2.75, 3.05) is 0 Å². The van der Waals surface area contributed by atoms with Crippen LogP contribution in [0.1, 0.15) is 54.8 Å². The number of fused-ring (bicyclic) bond motifs is 2. The molecule has 5 nitrogen and oxygen atoms in total.